The predicted molar refractivity (Wildman–Crippen MR) is 121 cm³/mol. The number of hydrogen-bond donors (Lipinski definition) is 2. The molecule has 2 heterocycles. The summed E-state index contributed by atoms with van der Waals surface area (Å²) >= 11 is 1.82. The molecule has 1 aliphatic rings. The second-order valence-corrected chi connectivity index (χ2v) is 9.64. The van der Waals surface area contributed by atoms with Gasteiger partial charge in [-0.05, 0) is 44.2 Å². The normalized spacial score (nSPS) is 17.0. The van der Waals surface area contributed by atoms with E-state index in [1.54, 1.807) is 4.31 Å². The van der Waals surface area contributed by atoms with E-state index in [1.165, 1.54) is 16.0 Å². The lowest BCUT2D eigenvalue weighted by atomic mass is 9.98. The Bertz CT molecular complexity index is 668. The lowest BCUT2D eigenvalue weighted by Crippen LogP contribution is -2.44. The Morgan fingerprint density at radius 3 is 2.42 bits per heavy atom. The lowest BCUT2D eigenvalue weighted by molar-refractivity contribution is 0.275. The molecule has 2 N–H and O–H groups in total. The van der Waals surface area contributed by atoms with E-state index < -0.39 is 10.0 Å². The van der Waals surface area contributed by atoms with Crippen LogP contribution in [0.1, 0.15) is 36.4 Å². The summed E-state index contributed by atoms with van der Waals surface area (Å²) in [5.41, 5.74) is 0. The number of nitrogens with one attached hydrogen (secondary N) is 2. The second-order valence-electron chi connectivity index (χ2n) is 6.40. The van der Waals surface area contributed by atoms with Gasteiger partial charge in [0.2, 0.25) is 10.0 Å². The minimum Gasteiger partial charge on any atom is -0.357 e. The van der Waals surface area contributed by atoms with E-state index in [2.05, 4.69) is 41.6 Å². The quantitative estimate of drug-likeness (QED) is 0.334. The van der Waals surface area contributed by atoms with Crippen LogP contribution in [0.5, 0.6) is 0 Å². The third-order valence-corrected chi connectivity index (χ3v) is 6.92. The van der Waals surface area contributed by atoms with Crippen molar-refractivity contribution >= 4 is 51.3 Å². The van der Waals surface area contributed by atoms with Gasteiger partial charge in [0.05, 0.1) is 12.8 Å². The van der Waals surface area contributed by atoms with Crippen LogP contribution in [0.25, 0.3) is 0 Å². The molecular weight excluding hydrogens is 483 g/mol. The topological polar surface area (TPSA) is 73.8 Å². The fraction of sp³-hybridized carbons (Fsp3) is 0.706. The minimum absolute atomic E-state index is 0. The molecule has 0 spiro atoms. The average Bonchev–Trinajstić information content (AvgIpc) is 3.05. The fourth-order valence-corrected chi connectivity index (χ4v) is 4.64. The summed E-state index contributed by atoms with van der Waals surface area (Å²) in [5, 5.41) is 6.69. The fourth-order valence-electron chi connectivity index (χ4n) is 2.88. The van der Waals surface area contributed by atoms with Crippen molar-refractivity contribution in [2.45, 2.75) is 39.7 Å². The van der Waals surface area contributed by atoms with Crippen LogP contribution in [0.2, 0.25) is 0 Å². The molecule has 9 heteroatoms. The molecule has 0 radical (unpaired) electrons. The maximum absolute atomic E-state index is 11.6. The summed E-state index contributed by atoms with van der Waals surface area (Å²) < 4.78 is 24.7. The van der Waals surface area contributed by atoms with Crippen molar-refractivity contribution in [1.29, 1.82) is 0 Å². The number of nitrogens with zero attached hydrogens (tertiary/aromatic N) is 2. The molecule has 1 fully saturated rings. The van der Waals surface area contributed by atoms with E-state index in [9.17, 15) is 8.42 Å². The Hall–Kier alpha value is -0.390. The third kappa shape index (κ3) is 7.69. The van der Waals surface area contributed by atoms with Gasteiger partial charge in [-0.1, -0.05) is 6.92 Å². The molecule has 1 aliphatic heterocycles. The van der Waals surface area contributed by atoms with Crippen LogP contribution in [0, 0.1) is 5.92 Å². The van der Waals surface area contributed by atoms with Gasteiger partial charge in [-0.15, -0.1) is 35.3 Å². The van der Waals surface area contributed by atoms with E-state index in [4.69, 9.17) is 0 Å². The standard InChI is InChI=1S/C17H30N4O2S2.HI/c1-4-15-6-7-16(24-15)13-20-17(18-5-2)19-12-14-8-10-21(11-9-14)25(3,22)23;/h6-7,14H,4-5,8-13H2,1-3H3,(H2,18,19,20);1H. The molecule has 1 saturated heterocycles. The summed E-state index contributed by atoms with van der Waals surface area (Å²) in [4.78, 5) is 7.33. The maximum atomic E-state index is 11.6. The molecule has 150 valence electrons. The van der Waals surface area contributed by atoms with Crippen molar-refractivity contribution in [3.8, 4) is 0 Å². The highest BCUT2D eigenvalue weighted by Crippen LogP contribution is 2.19. The van der Waals surface area contributed by atoms with Crippen LogP contribution >= 0.6 is 35.3 Å². The van der Waals surface area contributed by atoms with Crippen LogP contribution in [0.15, 0.2) is 17.1 Å². The number of sulfonamides is 1. The van der Waals surface area contributed by atoms with Crippen LogP contribution in [0.4, 0.5) is 0 Å². The number of aliphatic imine (C=N–C) groups is 1. The van der Waals surface area contributed by atoms with Gasteiger partial charge in [-0.25, -0.2) is 17.7 Å². The summed E-state index contributed by atoms with van der Waals surface area (Å²) in [6.07, 6.45) is 4.14. The number of halogens is 1. The molecule has 0 saturated carbocycles. The molecule has 6 nitrogen and oxygen atoms in total. The summed E-state index contributed by atoms with van der Waals surface area (Å²) in [6, 6.07) is 4.32. The molecule has 0 aromatic carbocycles. The molecule has 2 rings (SSSR count). The summed E-state index contributed by atoms with van der Waals surface area (Å²) in [5.74, 6) is 1.31. The van der Waals surface area contributed by atoms with Crippen LogP contribution in [-0.2, 0) is 23.0 Å². The second kappa shape index (κ2) is 11.5. The number of piperidine rings is 1. The Kier molecular flexibility index (Phi) is 10.4. The molecule has 0 amide bonds. The zero-order valence-electron chi connectivity index (χ0n) is 15.8. The molecule has 1 aromatic rings. The number of aryl methyl sites for hydroxylation is 1. The lowest BCUT2D eigenvalue weighted by Gasteiger charge is -2.30. The Morgan fingerprint density at radius 2 is 1.88 bits per heavy atom. The first kappa shape index (κ1) is 23.6. The maximum Gasteiger partial charge on any atom is 0.211 e. The van der Waals surface area contributed by atoms with Crippen molar-refractivity contribution in [2.75, 3.05) is 32.4 Å². The molecule has 0 unspecified atom stereocenters. The first-order valence-corrected chi connectivity index (χ1v) is 11.6. The van der Waals surface area contributed by atoms with E-state index in [1.807, 2.05) is 11.3 Å². The molecular formula is C17H31IN4O2S2. The predicted octanol–water partition coefficient (Wildman–Crippen LogP) is 2.66. The van der Waals surface area contributed by atoms with Gasteiger partial charge in [-0.3, -0.25) is 0 Å². The highest BCUT2D eigenvalue weighted by atomic mass is 127. The molecule has 26 heavy (non-hydrogen) atoms. The monoisotopic (exact) mass is 514 g/mol. The Balaban J connectivity index is 0.00000338. The van der Waals surface area contributed by atoms with Gasteiger partial charge in [0.1, 0.15) is 0 Å². The van der Waals surface area contributed by atoms with Crippen molar-refractivity contribution in [2.24, 2.45) is 10.9 Å². The minimum atomic E-state index is -3.05. The van der Waals surface area contributed by atoms with Crippen LogP contribution in [-0.4, -0.2) is 51.1 Å². The molecule has 0 aliphatic carbocycles. The van der Waals surface area contributed by atoms with Gasteiger partial charge < -0.3 is 10.6 Å². The molecule has 0 atom stereocenters. The number of thiophene rings is 1. The van der Waals surface area contributed by atoms with Crippen molar-refractivity contribution in [3.05, 3.63) is 21.9 Å². The Labute approximate surface area is 178 Å². The van der Waals surface area contributed by atoms with Gasteiger partial charge >= 0.3 is 0 Å². The third-order valence-electron chi connectivity index (χ3n) is 4.40. The number of hydrogen-bond acceptors (Lipinski definition) is 4. The van der Waals surface area contributed by atoms with Crippen LogP contribution in [0.3, 0.4) is 0 Å². The highest BCUT2D eigenvalue weighted by Gasteiger charge is 2.24. The number of guanidine groups is 1. The van der Waals surface area contributed by atoms with Gasteiger partial charge in [0, 0.05) is 35.9 Å². The van der Waals surface area contributed by atoms with E-state index in [0.29, 0.717) is 25.6 Å². The van der Waals surface area contributed by atoms with Gasteiger partial charge in [0.15, 0.2) is 5.96 Å². The summed E-state index contributed by atoms with van der Waals surface area (Å²) in [7, 11) is -3.05. The van der Waals surface area contributed by atoms with Gasteiger partial charge in [0.25, 0.3) is 0 Å². The van der Waals surface area contributed by atoms with Crippen molar-refractivity contribution in [3.63, 3.8) is 0 Å². The smallest absolute Gasteiger partial charge is 0.211 e. The molecule has 0 bridgehead atoms. The molecule has 1 aromatic heterocycles. The first-order valence-electron chi connectivity index (χ1n) is 8.97. The van der Waals surface area contributed by atoms with Crippen molar-refractivity contribution < 1.29 is 8.42 Å². The Morgan fingerprint density at radius 1 is 1.23 bits per heavy atom. The van der Waals surface area contributed by atoms with E-state index >= 15 is 0 Å². The zero-order valence-corrected chi connectivity index (χ0v) is 19.8. The van der Waals surface area contributed by atoms with E-state index in [0.717, 1.165) is 38.3 Å². The first-order chi connectivity index (χ1) is 11.9. The van der Waals surface area contributed by atoms with Crippen LogP contribution < -0.4 is 10.6 Å². The van der Waals surface area contributed by atoms with Crippen molar-refractivity contribution in [1.82, 2.24) is 14.9 Å². The van der Waals surface area contributed by atoms with E-state index in [-0.39, 0.29) is 24.0 Å². The largest absolute Gasteiger partial charge is 0.357 e. The highest BCUT2D eigenvalue weighted by molar-refractivity contribution is 14.0. The number of rotatable bonds is 7. The van der Waals surface area contributed by atoms with Gasteiger partial charge in [-0.2, -0.15) is 0 Å². The SMILES string of the molecule is CCNC(=NCc1ccc(CC)s1)NCC1CCN(S(C)(=O)=O)CC1.I. The zero-order chi connectivity index (χ0) is 18.3. The summed E-state index contributed by atoms with van der Waals surface area (Å²) in [6.45, 7) is 7.80. The average molecular weight is 514 g/mol.